The van der Waals surface area contributed by atoms with Crippen LogP contribution in [0.5, 0.6) is 0 Å². The summed E-state index contributed by atoms with van der Waals surface area (Å²) >= 11 is 0. The van der Waals surface area contributed by atoms with E-state index in [1.54, 1.807) is 9.80 Å². The number of benzene rings is 1. The van der Waals surface area contributed by atoms with Crippen LogP contribution in [0.3, 0.4) is 0 Å². The second-order valence-electron chi connectivity index (χ2n) is 7.67. The van der Waals surface area contributed by atoms with Crippen LogP contribution < -0.4 is 4.90 Å². The van der Waals surface area contributed by atoms with Crippen LogP contribution in [-0.4, -0.2) is 35.6 Å². The average molecular weight is 338 g/mol. The van der Waals surface area contributed by atoms with Crippen molar-refractivity contribution in [2.24, 2.45) is 0 Å². The molecule has 0 aliphatic carbocycles. The summed E-state index contributed by atoms with van der Waals surface area (Å²) in [7, 11) is 0. The summed E-state index contributed by atoms with van der Waals surface area (Å²) in [5.74, 6) is -2.63. The summed E-state index contributed by atoms with van der Waals surface area (Å²) in [6.07, 6.45) is 0.111. The number of halogens is 2. The van der Waals surface area contributed by atoms with E-state index in [2.05, 4.69) is 0 Å². The molecule has 6 heteroatoms. The van der Waals surface area contributed by atoms with Crippen LogP contribution in [0.25, 0.3) is 0 Å². The zero-order valence-corrected chi connectivity index (χ0v) is 14.4. The number of hydrogen-bond donors (Lipinski definition) is 0. The molecule has 4 nitrogen and oxygen atoms in total. The zero-order chi connectivity index (χ0) is 17.5. The normalized spacial score (nSPS) is 20.0. The molecule has 3 rings (SSSR count). The summed E-state index contributed by atoms with van der Waals surface area (Å²) < 4.78 is 32.7. The topological polar surface area (TPSA) is 32.8 Å². The predicted molar refractivity (Wildman–Crippen MR) is 88.3 cm³/mol. The van der Waals surface area contributed by atoms with Crippen molar-refractivity contribution in [3.63, 3.8) is 0 Å². The van der Waals surface area contributed by atoms with Gasteiger partial charge in [0.05, 0.1) is 6.54 Å². The number of fused-ring (bicyclic) bond motifs is 1. The molecule has 0 spiro atoms. The van der Waals surface area contributed by atoms with Gasteiger partial charge in [-0.3, -0.25) is 4.90 Å². The van der Waals surface area contributed by atoms with Crippen LogP contribution in [0.1, 0.15) is 44.7 Å². The Bertz CT molecular complexity index is 640. The molecule has 1 aromatic rings. The lowest BCUT2D eigenvalue weighted by Gasteiger charge is -2.34. The maximum absolute atomic E-state index is 13.6. The first-order valence-corrected chi connectivity index (χ1v) is 8.35. The van der Waals surface area contributed by atoms with Crippen LogP contribution in [0.4, 0.5) is 19.3 Å². The number of alkyl halides is 2. The number of rotatable bonds is 1. The minimum Gasteiger partial charge on any atom is -0.444 e. The van der Waals surface area contributed by atoms with Crippen LogP contribution in [0.15, 0.2) is 18.2 Å². The highest BCUT2D eigenvalue weighted by atomic mass is 19.3. The molecular weight excluding hydrogens is 314 g/mol. The third-order valence-electron chi connectivity index (χ3n) is 4.32. The standard InChI is InChI=1S/C18H24F2N2O2/c1-17(2,3)24-16(23)22-10-13-5-6-15(9-14(13)11-22)21-8-4-7-18(19,20)12-21/h5-6,9H,4,7-8,10-12H2,1-3H3. The number of amides is 1. The lowest BCUT2D eigenvalue weighted by Crippen LogP contribution is -2.42. The Labute approximate surface area is 141 Å². The van der Waals surface area contributed by atoms with Crippen molar-refractivity contribution in [2.75, 3.05) is 18.0 Å². The third-order valence-corrected chi connectivity index (χ3v) is 4.32. The number of carbonyl (C=O) groups is 1. The Balaban J connectivity index is 1.71. The van der Waals surface area contributed by atoms with Crippen molar-refractivity contribution in [3.8, 4) is 0 Å². The van der Waals surface area contributed by atoms with Crippen molar-refractivity contribution in [1.29, 1.82) is 0 Å². The monoisotopic (exact) mass is 338 g/mol. The van der Waals surface area contributed by atoms with Gasteiger partial charge in [0.15, 0.2) is 0 Å². The van der Waals surface area contributed by atoms with Crippen LogP contribution >= 0.6 is 0 Å². The molecule has 132 valence electrons. The Hall–Kier alpha value is -1.85. The zero-order valence-electron chi connectivity index (χ0n) is 14.4. The van der Waals surface area contributed by atoms with E-state index in [0.29, 0.717) is 26.1 Å². The molecule has 0 radical (unpaired) electrons. The molecule has 0 aromatic heterocycles. The van der Waals surface area contributed by atoms with Gasteiger partial charge in [-0.15, -0.1) is 0 Å². The number of hydrogen-bond acceptors (Lipinski definition) is 3. The Morgan fingerprint density at radius 1 is 1.21 bits per heavy atom. The minimum atomic E-state index is -2.63. The summed E-state index contributed by atoms with van der Waals surface area (Å²) in [5, 5.41) is 0. The van der Waals surface area contributed by atoms with Crippen LogP contribution in [0.2, 0.25) is 0 Å². The lowest BCUT2D eigenvalue weighted by atomic mass is 10.0. The van der Waals surface area contributed by atoms with Gasteiger partial charge < -0.3 is 9.64 Å². The molecule has 0 bridgehead atoms. The van der Waals surface area contributed by atoms with Gasteiger partial charge in [-0.1, -0.05) is 6.07 Å². The second kappa shape index (κ2) is 5.90. The number of anilines is 1. The Kier molecular flexibility index (Phi) is 4.18. The van der Waals surface area contributed by atoms with Crippen molar-refractivity contribution >= 4 is 11.8 Å². The third kappa shape index (κ3) is 3.79. The number of nitrogens with zero attached hydrogens (tertiary/aromatic N) is 2. The molecule has 2 aliphatic heterocycles. The number of piperidine rings is 1. The maximum Gasteiger partial charge on any atom is 0.410 e. The van der Waals surface area contributed by atoms with Gasteiger partial charge in [-0.25, -0.2) is 13.6 Å². The highest BCUT2D eigenvalue weighted by molar-refractivity contribution is 5.69. The summed E-state index contributed by atoms with van der Waals surface area (Å²) in [6, 6.07) is 5.74. The van der Waals surface area contributed by atoms with Gasteiger partial charge >= 0.3 is 6.09 Å². The van der Waals surface area contributed by atoms with E-state index in [-0.39, 0.29) is 19.1 Å². The van der Waals surface area contributed by atoms with Crippen LogP contribution in [0, 0.1) is 0 Å². The fourth-order valence-electron chi connectivity index (χ4n) is 3.22. The van der Waals surface area contributed by atoms with Gasteiger partial charge in [0.25, 0.3) is 5.92 Å². The van der Waals surface area contributed by atoms with Crippen molar-refractivity contribution in [3.05, 3.63) is 29.3 Å². The first-order valence-electron chi connectivity index (χ1n) is 8.35. The largest absolute Gasteiger partial charge is 0.444 e. The minimum absolute atomic E-state index is 0.0408. The van der Waals surface area contributed by atoms with Gasteiger partial charge in [0.1, 0.15) is 5.60 Å². The fraction of sp³-hybridized carbons (Fsp3) is 0.611. The van der Waals surface area contributed by atoms with Crippen molar-refractivity contribution in [1.82, 2.24) is 4.90 Å². The summed E-state index contributed by atoms with van der Waals surface area (Å²) in [4.78, 5) is 15.6. The Morgan fingerprint density at radius 2 is 1.92 bits per heavy atom. The first-order chi connectivity index (χ1) is 11.1. The Morgan fingerprint density at radius 3 is 2.58 bits per heavy atom. The molecular formula is C18H24F2N2O2. The fourth-order valence-corrected chi connectivity index (χ4v) is 3.22. The second-order valence-corrected chi connectivity index (χ2v) is 7.67. The molecule has 2 heterocycles. The van der Waals surface area contributed by atoms with Gasteiger partial charge in [0.2, 0.25) is 0 Å². The highest BCUT2D eigenvalue weighted by Crippen LogP contribution is 2.33. The smallest absolute Gasteiger partial charge is 0.410 e. The summed E-state index contributed by atoms with van der Waals surface area (Å²) in [5.41, 5.74) is 2.33. The van der Waals surface area contributed by atoms with Gasteiger partial charge in [-0.2, -0.15) is 0 Å². The number of ether oxygens (including phenoxy) is 1. The van der Waals surface area contributed by atoms with E-state index in [0.717, 1.165) is 16.8 Å². The predicted octanol–water partition coefficient (Wildman–Crippen LogP) is 4.17. The molecule has 1 saturated heterocycles. The molecule has 0 atom stereocenters. The molecule has 2 aliphatic rings. The van der Waals surface area contributed by atoms with E-state index >= 15 is 0 Å². The highest BCUT2D eigenvalue weighted by Gasteiger charge is 2.35. The molecule has 0 unspecified atom stereocenters. The molecule has 1 amide bonds. The van der Waals surface area contributed by atoms with E-state index in [9.17, 15) is 13.6 Å². The van der Waals surface area contributed by atoms with E-state index in [1.165, 1.54) is 0 Å². The lowest BCUT2D eigenvalue weighted by molar-refractivity contribution is -0.0116. The van der Waals surface area contributed by atoms with Crippen molar-refractivity contribution < 1.29 is 18.3 Å². The van der Waals surface area contributed by atoms with Crippen molar-refractivity contribution in [2.45, 2.75) is 58.2 Å². The molecule has 1 aromatic carbocycles. The maximum atomic E-state index is 13.6. The van der Waals surface area contributed by atoms with Crippen LogP contribution in [-0.2, 0) is 17.8 Å². The molecule has 24 heavy (non-hydrogen) atoms. The molecule has 0 N–H and O–H groups in total. The number of carbonyl (C=O) groups excluding carboxylic acids is 1. The first kappa shape index (κ1) is 17.0. The van der Waals surface area contributed by atoms with E-state index < -0.39 is 11.5 Å². The quantitative estimate of drug-likeness (QED) is 0.770. The SMILES string of the molecule is CC(C)(C)OC(=O)N1Cc2ccc(N3CCCC(F)(F)C3)cc2C1. The molecule has 0 saturated carbocycles. The average Bonchev–Trinajstić information content (AvgIpc) is 2.87. The van der Waals surface area contributed by atoms with Gasteiger partial charge in [0, 0.05) is 31.7 Å². The van der Waals surface area contributed by atoms with Gasteiger partial charge in [-0.05, 0) is 50.5 Å². The molecule has 1 fully saturated rings. The summed E-state index contributed by atoms with van der Waals surface area (Å²) in [6.45, 7) is 6.88. The van der Waals surface area contributed by atoms with E-state index in [1.807, 2.05) is 39.0 Å². The van der Waals surface area contributed by atoms with E-state index in [4.69, 9.17) is 4.74 Å².